The summed E-state index contributed by atoms with van der Waals surface area (Å²) < 4.78 is 20.2. The number of amides is 2. The minimum atomic E-state index is -0.849. The van der Waals surface area contributed by atoms with Crippen LogP contribution in [-0.4, -0.2) is 34.0 Å². The molecule has 0 unspecified atom stereocenters. The summed E-state index contributed by atoms with van der Waals surface area (Å²) in [5, 5.41) is 10.7. The number of carbonyl (C=O) groups is 2. The maximum atomic E-state index is 14.7. The minimum Gasteiger partial charge on any atom is -0.442 e. The molecular formula is C25H22FN5O3. The fraction of sp³-hybridized carbons (Fsp3) is 0.160. The van der Waals surface area contributed by atoms with E-state index >= 15 is 0 Å². The highest BCUT2D eigenvalue weighted by molar-refractivity contribution is 6.74. The Morgan fingerprint density at radius 3 is 2.32 bits per heavy atom. The molecule has 1 aromatic heterocycles. The lowest BCUT2D eigenvalue weighted by Crippen LogP contribution is -2.37. The summed E-state index contributed by atoms with van der Waals surface area (Å²) >= 11 is 0. The number of pyridine rings is 1. The highest BCUT2D eigenvalue weighted by Gasteiger charge is 2.37. The van der Waals surface area contributed by atoms with Crippen LogP contribution in [0.15, 0.2) is 89.2 Å². The molecule has 172 valence electrons. The van der Waals surface area contributed by atoms with Crippen LogP contribution in [0.2, 0.25) is 0 Å². The molecule has 0 radical (unpaired) electrons. The average molecular weight is 459 g/mol. The predicted molar refractivity (Wildman–Crippen MR) is 127 cm³/mol. The van der Waals surface area contributed by atoms with Crippen LogP contribution >= 0.6 is 0 Å². The average Bonchev–Trinajstić information content (AvgIpc) is 3.13. The van der Waals surface area contributed by atoms with Gasteiger partial charge in [-0.05, 0) is 57.2 Å². The molecule has 8 nitrogen and oxygen atoms in total. The second-order valence-corrected chi connectivity index (χ2v) is 8.31. The van der Waals surface area contributed by atoms with Gasteiger partial charge in [0.25, 0.3) is 0 Å². The molecule has 0 aliphatic carbocycles. The number of anilines is 2. The van der Waals surface area contributed by atoms with Crippen LogP contribution in [0.25, 0.3) is 0 Å². The third-order valence-corrected chi connectivity index (χ3v) is 4.58. The van der Waals surface area contributed by atoms with E-state index in [1.165, 1.54) is 24.4 Å². The van der Waals surface area contributed by atoms with Gasteiger partial charge in [-0.15, -0.1) is 5.01 Å². The second-order valence-electron chi connectivity index (χ2n) is 8.31. The van der Waals surface area contributed by atoms with Gasteiger partial charge in [0.05, 0.1) is 5.69 Å². The molecule has 0 saturated heterocycles. The summed E-state index contributed by atoms with van der Waals surface area (Å²) in [5.41, 5.74) is -0.545. The molecule has 9 heteroatoms. The van der Waals surface area contributed by atoms with Crippen molar-refractivity contribution in [2.24, 2.45) is 10.2 Å². The normalized spacial score (nSPS) is 14.8. The van der Waals surface area contributed by atoms with Gasteiger partial charge in [-0.1, -0.05) is 36.4 Å². The number of halogens is 1. The topological polar surface area (TPSA) is 87.5 Å². The van der Waals surface area contributed by atoms with Crippen molar-refractivity contribution < 1.29 is 18.7 Å². The molecule has 0 N–H and O–H groups in total. The Morgan fingerprint density at radius 1 is 1.00 bits per heavy atom. The van der Waals surface area contributed by atoms with Crippen molar-refractivity contribution in [1.82, 2.24) is 4.98 Å². The number of aromatic nitrogens is 1. The van der Waals surface area contributed by atoms with E-state index < -0.39 is 23.4 Å². The van der Waals surface area contributed by atoms with Crippen LogP contribution in [0.3, 0.4) is 0 Å². The maximum absolute atomic E-state index is 14.7. The SMILES string of the molecule is CC(C)(C)OC(=O)N(/N=C1\C(=O)N(c2ccccc2)N=C1c1ccccc1F)c1ccccn1. The highest BCUT2D eigenvalue weighted by atomic mass is 19.1. The number of rotatable bonds is 4. The van der Waals surface area contributed by atoms with Crippen LogP contribution < -0.4 is 10.0 Å². The number of hydrogen-bond donors (Lipinski definition) is 0. The molecule has 0 saturated carbocycles. The fourth-order valence-corrected chi connectivity index (χ4v) is 3.13. The van der Waals surface area contributed by atoms with Gasteiger partial charge in [-0.3, -0.25) is 4.79 Å². The van der Waals surface area contributed by atoms with Gasteiger partial charge < -0.3 is 4.74 Å². The highest BCUT2D eigenvalue weighted by Crippen LogP contribution is 2.24. The maximum Gasteiger partial charge on any atom is 0.437 e. The summed E-state index contributed by atoms with van der Waals surface area (Å²) in [4.78, 5) is 30.6. The molecule has 0 spiro atoms. The van der Waals surface area contributed by atoms with Crippen molar-refractivity contribution >= 4 is 34.9 Å². The summed E-state index contributed by atoms with van der Waals surface area (Å²) in [6.45, 7) is 5.12. The molecule has 1 aliphatic heterocycles. The number of hydrogen-bond acceptors (Lipinski definition) is 6. The Kier molecular flexibility index (Phi) is 6.18. The lowest BCUT2D eigenvalue weighted by Gasteiger charge is -2.24. The van der Waals surface area contributed by atoms with Gasteiger partial charge >= 0.3 is 12.0 Å². The fourth-order valence-electron chi connectivity index (χ4n) is 3.13. The van der Waals surface area contributed by atoms with Crippen molar-refractivity contribution in [3.8, 4) is 0 Å². The zero-order valence-corrected chi connectivity index (χ0v) is 18.8. The molecule has 1 aliphatic rings. The van der Waals surface area contributed by atoms with Crippen LogP contribution in [-0.2, 0) is 9.53 Å². The first-order valence-electron chi connectivity index (χ1n) is 10.5. The number of ether oxygens (including phenoxy) is 1. The first-order valence-corrected chi connectivity index (χ1v) is 10.5. The molecule has 34 heavy (non-hydrogen) atoms. The molecule has 2 aromatic carbocycles. The van der Waals surface area contributed by atoms with Gasteiger partial charge in [-0.25, -0.2) is 14.2 Å². The third-order valence-electron chi connectivity index (χ3n) is 4.58. The van der Waals surface area contributed by atoms with Crippen LogP contribution in [0.5, 0.6) is 0 Å². The standard InChI is InChI=1S/C25H22FN5O3/c1-25(2,3)34-24(33)31(20-15-9-10-16-27-20)29-22-21(18-13-7-8-14-19(18)26)28-30(23(22)32)17-11-5-4-6-12-17/h4-16H,1-3H3/b29-22-. The summed E-state index contributed by atoms with van der Waals surface area (Å²) in [6.07, 6.45) is 0.628. The molecule has 0 atom stereocenters. The summed E-state index contributed by atoms with van der Waals surface area (Å²) in [6, 6.07) is 19.5. The summed E-state index contributed by atoms with van der Waals surface area (Å²) in [7, 11) is 0. The zero-order chi connectivity index (χ0) is 24.3. The van der Waals surface area contributed by atoms with E-state index in [2.05, 4.69) is 15.2 Å². The molecular weight excluding hydrogens is 437 g/mol. The molecule has 4 rings (SSSR count). The predicted octanol–water partition coefficient (Wildman–Crippen LogP) is 4.77. The van der Waals surface area contributed by atoms with Gasteiger partial charge in [0.1, 0.15) is 17.1 Å². The van der Waals surface area contributed by atoms with Crippen molar-refractivity contribution in [2.45, 2.75) is 26.4 Å². The van der Waals surface area contributed by atoms with E-state index in [-0.39, 0.29) is 22.8 Å². The van der Waals surface area contributed by atoms with E-state index in [1.807, 2.05) is 0 Å². The number of nitrogens with zero attached hydrogens (tertiary/aromatic N) is 5. The third kappa shape index (κ3) is 4.83. The van der Waals surface area contributed by atoms with Crippen LogP contribution in [0.4, 0.5) is 20.7 Å². The molecule has 2 heterocycles. The Balaban J connectivity index is 1.86. The Bertz CT molecular complexity index is 1270. The van der Waals surface area contributed by atoms with Crippen molar-refractivity contribution in [3.05, 3.63) is 90.4 Å². The molecule has 0 bridgehead atoms. The van der Waals surface area contributed by atoms with Crippen molar-refractivity contribution in [3.63, 3.8) is 0 Å². The van der Waals surface area contributed by atoms with Crippen molar-refractivity contribution in [1.29, 1.82) is 0 Å². The van der Waals surface area contributed by atoms with E-state index in [0.29, 0.717) is 5.69 Å². The number of para-hydroxylation sites is 1. The number of carbonyl (C=O) groups excluding carboxylic acids is 2. The Hall–Kier alpha value is -4.40. The lowest BCUT2D eigenvalue weighted by atomic mass is 10.1. The van der Waals surface area contributed by atoms with E-state index in [0.717, 1.165) is 10.0 Å². The van der Waals surface area contributed by atoms with Gasteiger partial charge in [0.15, 0.2) is 11.5 Å². The van der Waals surface area contributed by atoms with E-state index in [9.17, 15) is 14.0 Å². The first-order chi connectivity index (χ1) is 16.2. The minimum absolute atomic E-state index is 0.0172. The lowest BCUT2D eigenvalue weighted by molar-refractivity contribution is -0.112. The van der Waals surface area contributed by atoms with E-state index in [1.54, 1.807) is 75.4 Å². The monoisotopic (exact) mass is 459 g/mol. The Labute approximate surface area is 196 Å². The molecule has 0 fully saturated rings. The second kappa shape index (κ2) is 9.22. The quantitative estimate of drug-likeness (QED) is 0.526. The van der Waals surface area contributed by atoms with E-state index in [4.69, 9.17) is 4.74 Å². The number of benzene rings is 2. The van der Waals surface area contributed by atoms with Gasteiger partial charge in [0.2, 0.25) is 0 Å². The molecule has 3 aromatic rings. The van der Waals surface area contributed by atoms with Crippen LogP contribution in [0.1, 0.15) is 26.3 Å². The van der Waals surface area contributed by atoms with Gasteiger partial charge in [0, 0.05) is 11.8 Å². The van der Waals surface area contributed by atoms with Crippen LogP contribution in [0, 0.1) is 5.82 Å². The summed E-state index contributed by atoms with van der Waals surface area (Å²) in [5.74, 6) is -1.09. The van der Waals surface area contributed by atoms with Crippen molar-refractivity contribution in [2.75, 3.05) is 10.0 Å². The first kappa shape index (κ1) is 22.8. The van der Waals surface area contributed by atoms with Gasteiger partial charge in [-0.2, -0.15) is 15.2 Å². The zero-order valence-electron chi connectivity index (χ0n) is 18.8. The molecule has 2 amide bonds. The Morgan fingerprint density at radius 2 is 1.68 bits per heavy atom. The largest absolute Gasteiger partial charge is 0.442 e. The number of hydrazone groups is 2. The smallest absolute Gasteiger partial charge is 0.437 e.